The van der Waals surface area contributed by atoms with E-state index in [1.807, 2.05) is 43.1 Å². The zero-order valence-corrected chi connectivity index (χ0v) is 17.6. The van der Waals surface area contributed by atoms with Gasteiger partial charge in [0.05, 0.1) is 0 Å². The predicted molar refractivity (Wildman–Crippen MR) is 109 cm³/mol. The summed E-state index contributed by atoms with van der Waals surface area (Å²) in [6.45, 7) is 7.60. The van der Waals surface area contributed by atoms with Gasteiger partial charge in [-0.25, -0.2) is 4.79 Å². The molecular weight excluding hydrogens is 354 g/mol. The molecule has 3 rings (SSSR count). The van der Waals surface area contributed by atoms with Gasteiger partial charge in [-0.1, -0.05) is 6.07 Å². The number of nitrogens with zero attached hydrogens (tertiary/aromatic N) is 5. The van der Waals surface area contributed by atoms with Crippen LogP contribution in [0.15, 0.2) is 24.5 Å². The van der Waals surface area contributed by atoms with Crippen LogP contribution in [-0.4, -0.2) is 94.9 Å². The first-order chi connectivity index (χ1) is 13.4. The largest absolute Gasteiger partial charge is 0.327 e. The number of aromatic nitrogens is 1. The third-order valence-corrected chi connectivity index (χ3v) is 6.21. The molecule has 28 heavy (non-hydrogen) atoms. The van der Waals surface area contributed by atoms with Crippen LogP contribution in [0.3, 0.4) is 0 Å². The molecule has 3 amide bonds. The number of amides is 3. The van der Waals surface area contributed by atoms with Crippen molar-refractivity contribution in [3.05, 3.63) is 30.1 Å². The van der Waals surface area contributed by atoms with Gasteiger partial charge in [0.15, 0.2) is 0 Å². The molecular formula is C21H33N5O2. The Morgan fingerprint density at radius 2 is 1.96 bits per heavy atom. The van der Waals surface area contributed by atoms with Crippen molar-refractivity contribution in [3.8, 4) is 0 Å². The fraction of sp³-hybridized carbons (Fsp3) is 0.667. The van der Waals surface area contributed by atoms with Gasteiger partial charge in [0.1, 0.15) is 5.54 Å². The van der Waals surface area contributed by atoms with Crippen LogP contribution in [0.1, 0.15) is 32.3 Å². The Morgan fingerprint density at radius 3 is 2.54 bits per heavy atom. The molecule has 2 aliphatic heterocycles. The van der Waals surface area contributed by atoms with E-state index in [1.54, 1.807) is 6.20 Å². The highest BCUT2D eigenvalue weighted by Gasteiger charge is 2.57. The standard InChI is InChI=1S/C21H33N5O2/c1-5-26-20(28)25(14-13-23(3)4)19(27)21(26)8-11-24(12-9-21)17(2)15-18-7-6-10-22-16-18/h6-7,10,16-17H,5,8-9,11-15H2,1-4H3. The summed E-state index contributed by atoms with van der Waals surface area (Å²) in [5.41, 5.74) is 0.579. The first kappa shape index (κ1) is 20.7. The van der Waals surface area contributed by atoms with E-state index < -0.39 is 5.54 Å². The van der Waals surface area contributed by atoms with Crippen molar-refractivity contribution in [3.63, 3.8) is 0 Å². The number of hydrogen-bond donors (Lipinski definition) is 0. The molecule has 7 nitrogen and oxygen atoms in total. The van der Waals surface area contributed by atoms with Crippen molar-refractivity contribution in [1.82, 2.24) is 24.6 Å². The van der Waals surface area contributed by atoms with Crippen molar-refractivity contribution in [2.45, 2.75) is 44.7 Å². The molecule has 0 bridgehead atoms. The Bertz CT molecular complexity index is 685. The van der Waals surface area contributed by atoms with Crippen LogP contribution >= 0.6 is 0 Å². The predicted octanol–water partition coefficient (Wildman–Crippen LogP) is 1.69. The molecule has 1 spiro atoms. The van der Waals surface area contributed by atoms with Crippen LogP contribution in [0, 0.1) is 0 Å². The third kappa shape index (κ3) is 3.91. The summed E-state index contributed by atoms with van der Waals surface area (Å²) in [5, 5.41) is 0. The Labute approximate surface area is 168 Å². The lowest BCUT2D eigenvalue weighted by Crippen LogP contribution is -2.57. The van der Waals surface area contributed by atoms with Crippen molar-refractivity contribution in [2.24, 2.45) is 0 Å². The first-order valence-corrected chi connectivity index (χ1v) is 10.3. The van der Waals surface area contributed by atoms with Gasteiger partial charge >= 0.3 is 6.03 Å². The SMILES string of the molecule is CCN1C(=O)N(CCN(C)C)C(=O)C12CCN(C(C)Cc1cccnc1)CC2. The zero-order chi connectivity index (χ0) is 20.3. The fourth-order valence-corrected chi connectivity index (χ4v) is 4.53. The zero-order valence-electron chi connectivity index (χ0n) is 17.6. The molecule has 1 unspecified atom stereocenters. The second-order valence-electron chi connectivity index (χ2n) is 8.27. The molecule has 1 aromatic heterocycles. The van der Waals surface area contributed by atoms with Crippen LogP contribution < -0.4 is 0 Å². The summed E-state index contributed by atoms with van der Waals surface area (Å²) in [4.78, 5) is 38.1. The minimum Gasteiger partial charge on any atom is -0.310 e. The highest BCUT2D eigenvalue weighted by molar-refractivity contribution is 6.07. The van der Waals surface area contributed by atoms with Gasteiger partial charge < -0.3 is 14.7 Å². The molecule has 0 radical (unpaired) electrons. The monoisotopic (exact) mass is 387 g/mol. The maximum atomic E-state index is 13.3. The van der Waals surface area contributed by atoms with E-state index in [2.05, 4.69) is 22.9 Å². The van der Waals surface area contributed by atoms with Crippen molar-refractivity contribution >= 4 is 11.9 Å². The number of piperidine rings is 1. The van der Waals surface area contributed by atoms with E-state index in [9.17, 15) is 9.59 Å². The number of carbonyl (C=O) groups excluding carboxylic acids is 2. The Balaban J connectivity index is 1.66. The number of hydrogen-bond acceptors (Lipinski definition) is 5. The summed E-state index contributed by atoms with van der Waals surface area (Å²) in [6, 6.07) is 4.34. The number of carbonyl (C=O) groups is 2. The number of imide groups is 1. The molecule has 3 heterocycles. The van der Waals surface area contributed by atoms with E-state index in [-0.39, 0.29) is 11.9 Å². The summed E-state index contributed by atoms with van der Waals surface area (Å²) >= 11 is 0. The molecule has 2 aliphatic rings. The van der Waals surface area contributed by atoms with Gasteiger partial charge in [0, 0.05) is 51.2 Å². The lowest BCUT2D eigenvalue weighted by molar-refractivity contribution is -0.136. The van der Waals surface area contributed by atoms with Gasteiger partial charge in [0.2, 0.25) is 0 Å². The minimum absolute atomic E-state index is 0.000706. The normalized spacial score (nSPS) is 21.2. The van der Waals surface area contributed by atoms with Crippen LogP contribution in [0.4, 0.5) is 4.79 Å². The lowest BCUT2D eigenvalue weighted by atomic mass is 9.85. The molecule has 0 saturated carbocycles. The quantitative estimate of drug-likeness (QED) is 0.667. The smallest absolute Gasteiger partial charge is 0.310 e. The Kier molecular flexibility index (Phi) is 6.35. The molecule has 1 atom stereocenters. The average molecular weight is 388 g/mol. The Morgan fingerprint density at radius 1 is 1.25 bits per heavy atom. The summed E-state index contributed by atoms with van der Waals surface area (Å²) in [6.07, 6.45) is 6.08. The number of pyridine rings is 1. The first-order valence-electron chi connectivity index (χ1n) is 10.3. The molecule has 7 heteroatoms. The molecule has 0 aromatic carbocycles. The molecule has 2 fully saturated rings. The van der Waals surface area contributed by atoms with Gasteiger partial charge in [-0.15, -0.1) is 0 Å². The minimum atomic E-state index is -0.650. The lowest BCUT2D eigenvalue weighted by Gasteiger charge is -2.43. The Hall–Kier alpha value is -1.99. The molecule has 2 saturated heterocycles. The van der Waals surface area contributed by atoms with Gasteiger partial charge in [-0.05, 0) is 58.8 Å². The van der Waals surface area contributed by atoms with Crippen LogP contribution in [0.5, 0.6) is 0 Å². The fourth-order valence-electron chi connectivity index (χ4n) is 4.53. The number of urea groups is 1. The van der Waals surface area contributed by atoms with Crippen molar-refractivity contribution < 1.29 is 9.59 Å². The van der Waals surface area contributed by atoms with Crippen molar-refractivity contribution in [2.75, 3.05) is 46.8 Å². The molecule has 0 aliphatic carbocycles. The van der Waals surface area contributed by atoms with Crippen LogP contribution in [0.25, 0.3) is 0 Å². The number of rotatable bonds is 7. The van der Waals surface area contributed by atoms with Gasteiger partial charge in [-0.3, -0.25) is 14.7 Å². The number of likely N-dealkylation sites (tertiary alicyclic amines) is 1. The summed E-state index contributed by atoms with van der Waals surface area (Å²) < 4.78 is 0. The molecule has 0 N–H and O–H groups in total. The molecule has 154 valence electrons. The third-order valence-electron chi connectivity index (χ3n) is 6.21. The average Bonchev–Trinajstić information content (AvgIpc) is 2.87. The van der Waals surface area contributed by atoms with E-state index >= 15 is 0 Å². The second kappa shape index (κ2) is 8.57. The highest BCUT2D eigenvalue weighted by atomic mass is 16.2. The second-order valence-corrected chi connectivity index (χ2v) is 8.27. The summed E-state index contributed by atoms with van der Waals surface area (Å²) in [5.74, 6) is 0.000706. The maximum Gasteiger partial charge on any atom is 0.327 e. The van der Waals surface area contributed by atoms with Crippen LogP contribution in [0.2, 0.25) is 0 Å². The summed E-state index contributed by atoms with van der Waals surface area (Å²) in [7, 11) is 3.92. The van der Waals surface area contributed by atoms with E-state index in [4.69, 9.17) is 0 Å². The molecule has 1 aromatic rings. The van der Waals surface area contributed by atoms with Gasteiger partial charge in [0.25, 0.3) is 5.91 Å². The highest BCUT2D eigenvalue weighted by Crippen LogP contribution is 2.37. The maximum absolute atomic E-state index is 13.3. The van der Waals surface area contributed by atoms with Crippen molar-refractivity contribution in [1.29, 1.82) is 0 Å². The topological polar surface area (TPSA) is 60.0 Å². The van der Waals surface area contributed by atoms with E-state index in [0.29, 0.717) is 38.5 Å². The van der Waals surface area contributed by atoms with E-state index in [0.717, 1.165) is 19.5 Å². The number of likely N-dealkylation sites (N-methyl/N-ethyl adjacent to an activating group) is 2. The van der Waals surface area contributed by atoms with Crippen LogP contribution in [-0.2, 0) is 11.2 Å². The van der Waals surface area contributed by atoms with E-state index in [1.165, 1.54) is 10.5 Å². The van der Waals surface area contributed by atoms with Gasteiger partial charge in [-0.2, -0.15) is 0 Å².